The highest BCUT2D eigenvalue weighted by molar-refractivity contribution is 6.33. The van der Waals surface area contributed by atoms with Crippen molar-refractivity contribution < 1.29 is 5.11 Å². The van der Waals surface area contributed by atoms with E-state index >= 15 is 0 Å². The van der Waals surface area contributed by atoms with Gasteiger partial charge in [0.05, 0.1) is 5.02 Å². The number of nitrogens with zero attached hydrogens (tertiary/aromatic N) is 3. The van der Waals surface area contributed by atoms with E-state index in [2.05, 4.69) is 9.97 Å². The van der Waals surface area contributed by atoms with Gasteiger partial charge in [-0.15, -0.1) is 0 Å². The number of rotatable bonds is 4. The average molecular weight is 316 g/mol. The van der Waals surface area contributed by atoms with Crippen LogP contribution in [0.4, 0.5) is 0 Å². The van der Waals surface area contributed by atoms with Crippen molar-refractivity contribution in [2.75, 3.05) is 6.61 Å². The zero-order chi connectivity index (χ0) is 15.5. The van der Waals surface area contributed by atoms with Gasteiger partial charge in [0.25, 0.3) is 5.56 Å². The summed E-state index contributed by atoms with van der Waals surface area (Å²) in [5, 5.41) is 9.61. The molecule has 0 saturated carbocycles. The Balaban J connectivity index is 2.35. The zero-order valence-corrected chi connectivity index (χ0v) is 12.5. The van der Waals surface area contributed by atoms with Gasteiger partial charge in [0.2, 0.25) is 0 Å². The molecule has 22 heavy (non-hydrogen) atoms. The number of aliphatic hydroxyl groups excluding tert-OH is 1. The number of halogens is 1. The number of pyridine rings is 2. The van der Waals surface area contributed by atoms with Crippen LogP contribution in [-0.4, -0.2) is 26.1 Å². The summed E-state index contributed by atoms with van der Waals surface area (Å²) in [6, 6.07) is 5.13. The van der Waals surface area contributed by atoms with Crippen LogP contribution in [-0.2, 0) is 6.42 Å². The quantitative estimate of drug-likeness (QED) is 0.802. The van der Waals surface area contributed by atoms with E-state index in [9.17, 15) is 4.79 Å². The van der Waals surface area contributed by atoms with Gasteiger partial charge in [-0.05, 0) is 18.9 Å². The number of hydrogen-bond acceptors (Lipinski definition) is 4. The summed E-state index contributed by atoms with van der Waals surface area (Å²) < 4.78 is 1.44. The Morgan fingerprint density at radius 2 is 2.14 bits per heavy atom. The predicted molar refractivity (Wildman–Crippen MR) is 85.1 cm³/mol. The largest absolute Gasteiger partial charge is 0.396 e. The number of aromatic nitrogens is 3. The van der Waals surface area contributed by atoms with Crippen molar-refractivity contribution in [3.63, 3.8) is 0 Å². The molecule has 0 aliphatic heterocycles. The monoisotopic (exact) mass is 315 g/mol. The van der Waals surface area contributed by atoms with Gasteiger partial charge in [0, 0.05) is 54.2 Å². The molecule has 0 spiro atoms. The second-order valence-electron chi connectivity index (χ2n) is 4.88. The minimum Gasteiger partial charge on any atom is -0.396 e. The third-order valence-corrected chi connectivity index (χ3v) is 3.75. The molecule has 0 atom stereocenters. The third kappa shape index (κ3) is 2.61. The summed E-state index contributed by atoms with van der Waals surface area (Å²) in [4.78, 5) is 20.5. The maximum absolute atomic E-state index is 12.0. The Morgan fingerprint density at radius 1 is 1.27 bits per heavy atom. The first-order valence-electron chi connectivity index (χ1n) is 6.92. The highest BCUT2D eigenvalue weighted by Gasteiger charge is 2.16. The molecule has 0 radical (unpaired) electrons. The van der Waals surface area contributed by atoms with Crippen molar-refractivity contribution in [2.24, 2.45) is 0 Å². The predicted octanol–water partition coefficient (Wildman–Crippen LogP) is 2.33. The second kappa shape index (κ2) is 6.25. The fourth-order valence-corrected chi connectivity index (χ4v) is 2.84. The molecular weight excluding hydrogens is 302 g/mol. The molecule has 0 aliphatic rings. The Morgan fingerprint density at radius 3 is 2.86 bits per heavy atom. The van der Waals surface area contributed by atoms with Gasteiger partial charge in [-0.2, -0.15) is 0 Å². The smallest absolute Gasteiger partial charge is 0.257 e. The molecule has 0 fully saturated rings. The average Bonchev–Trinajstić information content (AvgIpc) is 2.54. The van der Waals surface area contributed by atoms with Gasteiger partial charge < -0.3 is 5.11 Å². The molecule has 5 nitrogen and oxygen atoms in total. The summed E-state index contributed by atoms with van der Waals surface area (Å²) in [6.07, 6.45) is 7.61. The lowest BCUT2D eigenvalue weighted by molar-refractivity contribution is 0.288. The number of aryl methyl sites for hydroxylation is 1. The first kappa shape index (κ1) is 14.7. The van der Waals surface area contributed by atoms with Gasteiger partial charge in [-0.1, -0.05) is 17.7 Å². The molecule has 0 amide bonds. The lowest BCUT2D eigenvalue weighted by atomic mass is 9.99. The molecule has 0 aliphatic carbocycles. The van der Waals surface area contributed by atoms with E-state index in [1.54, 1.807) is 18.6 Å². The summed E-state index contributed by atoms with van der Waals surface area (Å²) in [5.74, 6) is 0. The summed E-state index contributed by atoms with van der Waals surface area (Å²) in [7, 11) is 0. The van der Waals surface area contributed by atoms with Crippen LogP contribution in [0.15, 0.2) is 47.8 Å². The molecule has 0 unspecified atom stereocenters. The minimum atomic E-state index is -0.185. The van der Waals surface area contributed by atoms with E-state index in [1.807, 2.05) is 12.1 Å². The molecule has 0 aromatic carbocycles. The van der Waals surface area contributed by atoms with E-state index in [0.717, 1.165) is 16.7 Å². The minimum absolute atomic E-state index is 0.0578. The number of aliphatic hydroxyl groups is 1. The zero-order valence-electron chi connectivity index (χ0n) is 11.7. The maximum atomic E-state index is 12.0. The topological polar surface area (TPSA) is 67.5 Å². The van der Waals surface area contributed by atoms with Crippen LogP contribution in [0.5, 0.6) is 0 Å². The normalized spacial score (nSPS) is 11.0. The molecule has 1 N–H and O–H groups in total. The van der Waals surface area contributed by atoms with Crippen molar-refractivity contribution >= 4 is 17.2 Å². The Labute approximate surface area is 131 Å². The summed E-state index contributed by atoms with van der Waals surface area (Å²) >= 11 is 6.42. The van der Waals surface area contributed by atoms with Crippen LogP contribution < -0.4 is 5.56 Å². The molecule has 3 heterocycles. The lowest BCUT2D eigenvalue weighted by Gasteiger charge is -2.14. The summed E-state index contributed by atoms with van der Waals surface area (Å²) in [6.45, 7) is 0.0578. The van der Waals surface area contributed by atoms with Crippen molar-refractivity contribution in [2.45, 2.75) is 12.8 Å². The van der Waals surface area contributed by atoms with Crippen LogP contribution in [0.3, 0.4) is 0 Å². The van der Waals surface area contributed by atoms with Gasteiger partial charge >= 0.3 is 0 Å². The van der Waals surface area contributed by atoms with Crippen LogP contribution in [0.25, 0.3) is 16.8 Å². The maximum Gasteiger partial charge on any atom is 0.257 e. The van der Waals surface area contributed by atoms with E-state index in [4.69, 9.17) is 16.7 Å². The summed E-state index contributed by atoms with van der Waals surface area (Å²) in [5.41, 5.74) is 2.88. The Hall–Kier alpha value is -2.24. The van der Waals surface area contributed by atoms with Crippen LogP contribution in [0.1, 0.15) is 12.0 Å². The lowest BCUT2D eigenvalue weighted by Crippen LogP contribution is -2.15. The first-order valence-corrected chi connectivity index (χ1v) is 7.30. The molecular formula is C16H14ClN3O2. The highest BCUT2D eigenvalue weighted by Crippen LogP contribution is 2.33. The second-order valence-corrected chi connectivity index (χ2v) is 5.28. The van der Waals surface area contributed by atoms with Crippen molar-refractivity contribution in [3.8, 4) is 11.1 Å². The fraction of sp³-hybridized carbons (Fsp3) is 0.188. The molecule has 3 aromatic heterocycles. The van der Waals surface area contributed by atoms with E-state index in [-0.39, 0.29) is 12.2 Å². The van der Waals surface area contributed by atoms with Gasteiger partial charge in [-0.25, -0.2) is 4.98 Å². The molecule has 0 bridgehead atoms. The van der Waals surface area contributed by atoms with E-state index in [1.165, 1.54) is 16.7 Å². The van der Waals surface area contributed by atoms with E-state index in [0.29, 0.717) is 23.5 Å². The third-order valence-electron chi connectivity index (χ3n) is 3.47. The van der Waals surface area contributed by atoms with Crippen LogP contribution in [0.2, 0.25) is 5.02 Å². The van der Waals surface area contributed by atoms with Gasteiger partial charge in [-0.3, -0.25) is 14.2 Å². The standard InChI is InChI=1S/C16H14ClN3O2/c17-13-10-20-14(22)5-7-19-16(20)12(4-2-8-21)15(13)11-3-1-6-18-9-11/h1,3,5-7,9-10,21H,2,4,8H2. The van der Waals surface area contributed by atoms with Crippen molar-refractivity contribution in [1.82, 2.24) is 14.4 Å². The van der Waals surface area contributed by atoms with Crippen LogP contribution >= 0.6 is 11.6 Å². The van der Waals surface area contributed by atoms with Crippen LogP contribution in [0, 0.1) is 0 Å². The fourth-order valence-electron chi connectivity index (χ4n) is 2.52. The highest BCUT2D eigenvalue weighted by atomic mass is 35.5. The molecule has 0 saturated heterocycles. The molecule has 3 aromatic rings. The Kier molecular flexibility index (Phi) is 4.18. The number of hydrogen-bond donors (Lipinski definition) is 1. The SMILES string of the molecule is O=c1ccnc2c(CCCO)c(-c3cccnc3)c(Cl)cn12. The van der Waals surface area contributed by atoms with Gasteiger partial charge in [0.15, 0.2) is 0 Å². The van der Waals surface area contributed by atoms with Crippen molar-refractivity contribution in [1.29, 1.82) is 0 Å². The number of fused-ring (bicyclic) bond motifs is 1. The van der Waals surface area contributed by atoms with Gasteiger partial charge in [0.1, 0.15) is 5.65 Å². The molecule has 3 rings (SSSR count). The van der Waals surface area contributed by atoms with E-state index < -0.39 is 0 Å². The molecule has 6 heteroatoms. The Bertz CT molecular complexity index is 862. The first-order chi connectivity index (χ1) is 10.7. The molecule has 112 valence electrons. The van der Waals surface area contributed by atoms with Crippen molar-refractivity contribution in [3.05, 3.63) is 63.9 Å².